The summed E-state index contributed by atoms with van der Waals surface area (Å²) < 4.78 is 16.9. The van der Waals surface area contributed by atoms with Crippen LogP contribution in [0.3, 0.4) is 0 Å². The third-order valence-corrected chi connectivity index (χ3v) is 15.2. The van der Waals surface area contributed by atoms with Gasteiger partial charge in [0.1, 0.15) is 13.2 Å². The Kier molecular flexibility index (Phi) is 64.2. The molecule has 0 saturated heterocycles. The molecular weight excluding hydrogens is 961 g/mol. The number of esters is 3. The van der Waals surface area contributed by atoms with E-state index >= 15 is 0 Å². The number of unbranched alkanes of at least 4 members (excludes halogenated alkanes) is 42. The highest BCUT2D eigenvalue weighted by atomic mass is 16.6. The predicted molar refractivity (Wildman–Crippen MR) is 339 cm³/mol. The molecule has 6 heteroatoms. The third-order valence-electron chi connectivity index (χ3n) is 15.2. The van der Waals surface area contributed by atoms with Crippen LogP contribution in [0.2, 0.25) is 0 Å². The fraction of sp³-hybridized carbons (Fsp3) is 0.819. The van der Waals surface area contributed by atoms with E-state index in [0.717, 1.165) is 83.5 Å². The van der Waals surface area contributed by atoms with E-state index in [1.165, 1.54) is 238 Å². The maximum Gasteiger partial charge on any atom is 0.306 e. The fourth-order valence-electron chi connectivity index (χ4n) is 10.1. The van der Waals surface area contributed by atoms with Gasteiger partial charge >= 0.3 is 17.9 Å². The zero-order valence-corrected chi connectivity index (χ0v) is 52.2. The standard InChI is InChI=1S/C72H130O6/c1-4-7-10-13-16-19-22-25-27-29-31-32-33-34-35-36-37-38-39-40-41-43-44-47-50-53-56-59-62-65-71(74)77-68-69(67-76-70(73)64-61-58-55-52-49-46-24-21-18-15-12-9-6-3)78-72(75)66-63-60-57-54-51-48-45-42-30-28-26-23-20-17-14-11-8-5-2/h9,12,18,21,28-31,46,49,69H,4-8,10-11,13-17,19-20,22-27,32-45,47-48,50-68H2,1-3H3/b12-9-,21-18-,30-28-,31-29-,49-46-. The van der Waals surface area contributed by atoms with Crippen LogP contribution in [-0.4, -0.2) is 37.2 Å². The number of allylic oxidation sites excluding steroid dienone is 10. The maximum absolute atomic E-state index is 12.9. The van der Waals surface area contributed by atoms with Crippen molar-refractivity contribution in [2.45, 2.75) is 367 Å². The zero-order valence-electron chi connectivity index (χ0n) is 52.2. The van der Waals surface area contributed by atoms with E-state index in [-0.39, 0.29) is 31.1 Å². The average Bonchev–Trinajstić information content (AvgIpc) is 3.44. The lowest BCUT2D eigenvalue weighted by Crippen LogP contribution is -2.30. The predicted octanol–water partition coefficient (Wildman–Crippen LogP) is 23.5. The molecule has 0 radical (unpaired) electrons. The minimum absolute atomic E-state index is 0.0825. The quantitative estimate of drug-likeness (QED) is 0.0261. The van der Waals surface area contributed by atoms with Crippen LogP contribution in [0.15, 0.2) is 60.8 Å². The molecule has 0 rings (SSSR count). The molecule has 0 amide bonds. The summed E-state index contributed by atoms with van der Waals surface area (Å²) in [6, 6.07) is 0. The summed E-state index contributed by atoms with van der Waals surface area (Å²) in [5, 5.41) is 0. The number of carbonyl (C=O) groups excluding carboxylic acids is 3. The van der Waals surface area contributed by atoms with Crippen molar-refractivity contribution in [3.8, 4) is 0 Å². The SMILES string of the molecule is CC/C=C\C/C=C\C/C=C\CCCCCC(=O)OCC(COC(=O)CCCCCCCCCCCCCCCCCCC/C=C\CCCCCCCCCC)OC(=O)CCCCCCCCC/C=C\CCCCCCCCC. The Balaban J connectivity index is 4.21. The Morgan fingerprint density at radius 3 is 0.808 bits per heavy atom. The molecule has 0 aliphatic rings. The van der Waals surface area contributed by atoms with Crippen LogP contribution >= 0.6 is 0 Å². The minimum Gasteiger partial charge on any atom is -0.462 e. The van der Waals surface area contributed by atoms with E-state index < -0.39 is 6.10 Å². The van der Waals surface area contributed by atoms with Gasteiger partial charge in [-0.05, 0) is 103 Å². The van der Waals surface area contributed by atoms with Crippen molar-refractivity contribution < 1.29 is 28.6 Å². The minimum atomic E-state index is -0.788. The smallest absolute Gasteiger partial charge is 0.306 e. The molecule has 0 aromatic rings. The Morgan fingerprint density at radius 2 is 0.500 bits per heavy atom. The van der Waals surface area contributed by atoms with Gasteiger partial charge in [0.2, 0.25) is 0 Å². The first-order chi connectivity index (χ1) is 38.5. The summed E-state index contributed by atoms with van der Waals surface area (Å²) in [4.78, 5) is 38.3. The molecular formula is C72H130O6. The molecule has 0 aliphatic carbocycles. The van der Waals surface area contributed by atoms with E-state index in [1.807, 2.05) is 0 Å². The highest BCUT2D eigenvalue weighted by Gasteiger charge is 2.19. The van der Waals surface area contributed by atoms with Crippen molar-refractivity contribution >= 4 is 17.9 Å². The highest BCUT2D eigenvalue weighted by Crippen LogP contribution is 2.17. The monoisotopic (exact) mass is 1090 g/mol. The third kappa shape index (κ3) is 63.9. The molecule has 0 bridgehead atoms. The van der Waals surface area contributed by atoms with E-state index in [2.05, 4.69) is 81.5 Å². The van der Waals surface area contributed by atoms with Crippen LogP contribution in [0.4, 0.5) is 0 Å². The summed E-state index contributed by atoms with van der Waals surface area (Å²) in [7, 11) is 0. The normalized spacial score (nSPS) is 12.4. The van der Waals surface area contributed by atoms with Gasteiger partial charge < -0.3 is 14.2 Å². The molecule has 0 heterocycles. The van der Waals surface area contributed by atoms with Crippen molar-refractivity contribution in [3.05, 3.63) is 60.8 Å². The van der Waals surface area contributed by atoms with Gasteiger partial charge in [-0.25, -0.2) is 0 Å². The van der Waals surface area contributed by atoms with Crippen LogP contribution in [0, 0.1) is 0 Å². The van der Waals surface area contributed by atoms with Crippen LogP contribution in [-0.2, 0) is 28.6 Å². The van der Waals surface area contributed by atoms with Gasteiger partial charge in [-0.1, -0.05) is 300 Å². The second kappa shape index (κ2) is 66.6. The molecule has 6 nitrogen and oxygen atoms in total. The summed E-state index contributed by atoms with van der Waals surface area (Å²) in [5.41, 5.74) is 0. The number of carbonyl (C=O) groups is 3. The van der Waals surface area contributed by atoms with E-state index in [4.69, 9.17) is 14.2 Å². The van der Waals surface area contributed by atoms with Crippen molar-refractivity contribution in [1.29, 1.82) is 0 Å². The maximum atomic E-state index is 12.9. The summed E-state index contributed by atoms with van der Waals surface area (Å²) in [6.07, 6.45) is 85.4. The van der Waals surface area contributed by atoms with Gasteiger partial charge in [0.15, 0.2) is 6.10 Å². The molecule has 0 aromatic carbocycles. The zero-order chi connectivity index (χ0) is 56.4. The van der Waals surface area contributed by atoms with Gasteiger partial charge in [0, 0.05) is 19.3 Å². The Bertz CT molecular complexity index is 1390. The van der Waals surface area contributed by atoms with Gasteiger partial charge in [-0.2, -0.15) is 0 Å². The highest BCUT2D eigenvalue weighted by molar-refractivity contribution is 5.71. The molecule has 1 unspecified atom stereocenters. The lowest BCUT2D eigenvalue weighted by molar-refractivity contribution is -0.167. The van der Waals surface area contributed by atoms with E-state index in [9.17, 15) is 14.4 Å². The van der Waals surface area contributed by atoms with Gasteiger partial charge in [0.25, 0.3) is 0 Å². The molecule has 0 saturated carbocycles. The first-order valence-corrected chi connectivity index (χ1v) is 34.3. The number of ether oxygens (including phenoxy) is 3. The fourth-order valence-corrected chi connectivity index (χ4v) is 10.1. The van der Waals surface area contributed by atoms with Crippen LogP contribution in [0.5, 0.6) is 0 Å². The van der Waals surface area contributed by atoms with Crippen molar-refractivity contribution in [3.63, 3.8) is 0 Å². The molecule has 0 N–H and O–H groups in total. The second-order valence-corrected chi connectivity index (χ2v) is 23.1. The Hall–Kier alpha value is -2.89. The van der Waals surface area contributed by atoms with E-state index in [0.29, 0.717) is 19.3 Å². The first-order valence-electron chi connectivity index (χ1n) is 34.3. The van der Waals surface area contributed by atoms with Gasteiger partial charge in [-0.3, -0.25) is 14.4 Å². The van der Waals surface area contributed by atoms with Crippen molar-refractivity contribution in [2.24, 2.45) is 0 Å². The lowest BCUT2D eigenvalue weighted by Gasteiger charge is -2.18. The molecule has 0 aromatic heterocycles. The topological polar surface area (TPSA) is 78.9 Å². The largest absolute Gasteiger partial charge is 0.462 e. The first kappa shape index (κ1) is 75.1. The summed E-state index contributed by atoms with van der Waals surface area (Å²) in [5.74, 6) is -0.898. The second-order valence-electron chi connectivity index (χ2n) is 23.1. The molecule has 0 aliphatic heterocycles. The molecule has 0 fully saturated rings. The molecule has 0 spiro atoms. The molecule has 78 heavy (non-hydrogen) atoms. The van der Waals surface area contributed by atoms with Crippen molar-refractivity contribution in [1.82, 2.24) is 0 Å². The van der Waals surface area contributed by atoms with Gasteiger partial charge in [-0.15, -0.1) is 0 Å². The van der Waals surface area contributed by atoms with E-state index in [1.54, 1.807) is 0 Å². The van der Waals surface area contributed by atoms with Crippen LogP contribution < -0.4 is 0 Å². The van der Waals surface area contributed by atoms with Gasteiger partial charge in [0.05, 0.1) is 0 Å². The average molecular weight is 1090 g/mol. The Morgan fingerprint density at radius 1 is 0.269 bits per heavy atom. The Labute approximate surface area is 485 Å². The number of rotatable bonds is 63. The number of hydrogen-bond acceptors (Lipinski definition) is 6. The summed E-state index contributed by atoms with van der Waals surface area (Å²) >= 11 is 0. The number of hydrogen-bond donors (Lipinski definition) is 0. The summed E-state index contributed by atoms with van der Waals surface area (Å²) in [6.45, 7) is 6.54. The lowest BCUT2D eigenvalue weighted by atomic mass is 10.0. The molecule has 454 valence electrons. The molecule has 1 atom stereocenters. The van der Waals surface area contributed by atoms with Crippen LogP contribution in [0.25, 0.3) is 0 Å². The van der Waals surface area contributed by atoms with Crippen molar-refractivity contribution in [2.75, 3.05) is 13.2 Å². The van der Waals surface area contributed by atoms with Crippen LogP contribution in [0.1, 0.15) is 361 Å².